The van der Waals surface area contributed by atoms with Crippen LogP contribution < -0.4 is 11.1 Å². The maximum atomic E-state index is 12.0. The number of carbonyl (C=O) groups excluding carboxylic acids is 1. The number of unbranched alkanes of at least 4 members (excludes halogenated alkanes) is 1. The van der Waals surface area contributed by atoms with Crippen LogP contribution in [0.4, 0.5) is 0 Å². The van der Waals surface area contributed by atoms with E-state index in [0.717, 1.165) is 32.1 Å². The quantitative estimate of drug-likeness (QED) is 0.673. The van der Waals surface area contributed by atoms with Crippen LogP contribution in [0.5, 0.6) is 0 Å². The minimum absolute atomic E-state index is 0.183. The van der Waals surface area contributed by atoms with Crippen molar-refractivity contribution in [1.82, 2.24) is 5.32 Å². The Morgan fingerprint density at radius 1 is 1.37 bits per heavy atom. The van der Waals surface area contributed by atoms with Gasteiger partial charge in [-0.1, -0.05) is 19.8 Å². The van der Waals surface area contributed by atoms with E-state index >= 15 is 0 Å². The second-order valence-electron chi connectivity index (χ2n) is 5.98. The third-order valence-electron chi connectivity index (χ3n) is 4.72. The van der Waals surface area contributed by atoms with Crippen molar-refractivity contribution in [3.63, 3.8) is 0 Å². The fraction of sp³-hybridized carbons (Fsp3) is 0.857. The van der Waals surface area contributed by atoms with E-state index in [1.54, 1.807) is 0 Å². The monoisotopic (exact) mass is 268 g/mol. The smallest absolute Gasteiger partial charge is 0.308 e. The van der Waals surface area contributed by atoms with Crippen molar-refractivity contribution in [3.05, 3.63) is 0 Å². The van der Waals surface area contributed by atoms with Gasteiger partial charge in [0.05, 0.1) is 12.0 Å². The lowest BCUT2D eigenvalue weighted by Gasteiger charge is -2.29. The fourth-order valence-corrected chi connectivity index (χ4v) is 3.68. The first-order chi connectivity index (χ1) is 9.04. The number of carbonyl (C=O) groups is 2. The molecule has 0 saturated heterocycles. The zero-order valence-corrected chi connectivity index (χ0v) is 11.5. The van der Waals surface area contributed by atoms with Gasteiger partial charge < -0.3 is 16.2 Å². The highest BCUT2D eigenvalue weighted by molar-refractivity contribution is 5.83. The van der Waals surface area contributed by atoms with Gasteiger partial charge in [0.2, 0.25) is 5.91 Å². The van der Waals surface area contributed by atoms with Gasteiger partial charge in [-0.05, 0) is 37.5 Å². The summed E-state index contributed by atoms with van der Waals surface area (Å²) in [4.78, 5) is 23.4. The molecule has 19 heavy (non-hydrogen) atoms. The van der Waals surface area contributed by atoms with Gasteiger partial charge in [0, 0.05) is 6.04 Å². The van der Waals surface area contributed by atoms with Crippen LogP contribution in [0.15, 0.2) is 0 Å². The lowest BCUT2D eigenvalue weighted by atomic mass is 9.84. The maximum absolute atomic E-state index is 12.0. The zero-order chi connectivity index (χ0) is 14.0. The van der Waals surface area contributed by atoms with E-state index in [2.05, 4.69) is 12.2 Å². The molecule has 2 fully saturated rings. The van der Waals surface area contributed by atoms with E-state index in [9.17, 15) is 14.7 Å². The van der Waals surface area contributed by atoms with Gasteiger partial charge in [0.25, 0.3) is 0 Å². The van der Waals surface area contributed by atoms with Gasteiger partial charge in [-0.2, -0.15) is 0 Å². The Kier molecular flexibility index (Phi) is 4.45. The van der Waals surface area contributed by atoms with Crippen molar-refractivity contribution < 1.29 is 14.7 Å². The van der Waals surface area contributed by atoms with E-state index in [-0.39, 0.29) is 17.9 Å². The summed E-state index contributed by atoms with van der Waals surface area (Å²) in [6.07, 6.45) is 5.55. The average molecular weight is 268 g/mol. The van der Waals surface area contributed by atoms with Crippen molar-refractivity contribution in [2.24, 2.45) is 23.5 Å². The number of nitrogens with two attached hydrogens (primary N) is 1. The molecule has 2 saturated carbocycles. The van der Waals surface area contributed by atoms with Gasteiger partial charge in [-0.3, -0.25) is 9.59 Å². The van der Waals surface area contributed by atoms with E-state index in [0.29, 0.717) is 12.3 Å². The molecule has 2 aliphatic carbocycles. The van der Waals surface area contributed by atoms with E-state index in [1.807, 2.05) is 0 Å². The van der Waals surface area contributed by atoms with Crippen molar-refractivity contribution in [3.8, 4) is 0 Å². The van der Waals surface area contributed by atoms with Crippen molar-refractivity contribution in [2.45, 2.75) is 57.5 Å². The van der Waals surface area contributed by atoms with E-state index in [4.69, 9.17) is 5.73 Å². The average Bonchev–Trinajstić information content (AvgIpc) is 2.96. The predicted molar refractivity (Wildman–Crippen MR) is 71.4 cm³/mol. The van der Waals surface area contributed by atoms with Crippen LogP contribution in [-0.4, -0.2) is 29.1 Å². The lowest BCUT2D eigenvalue weighted by molar-refractivity contribution is -0.144. The van der Waals surface area contributed by atoms with Crippen molar-refractivity contribution in [2.75, 3.05) is 0 Å². The number of carboxylic acids is 1. The molecular weight excluding hydrogens is 244 g/mol. The zero-order valence-electron chi connectivity index (χ0n) is 11.5. The Labute approximate surface area is 113 Å². The first-order valence-electron chi connectivity index (χ1n) is 7.33. The molecule has 5 atom stereocenters. The number of hydrogen-bond acceptors (Lipinski definition) is 3. The summed E-state index contributed by atoms with van der Waals surface area (Å²) in [5.41, 5.74) is 5.84. The number of amides is 1. The molecule has 0 heterocycles. The Bertz CT molecular complexity index is 359. The first-order valence-corrected chi connectivity index (χ1v) is 7.33. The van der Waals surface area contributed by atoms with Crippen LogP contribution >= 0.6 is 0 Å². The molecular formula is C14H24N2O3. The minimum Gasteiger partial charge on any atom is -0.481 e. The summed E-state index contributed by atoms with van der Waals surface area (Å²) in [5.74, 6) is -0.814. The van der Waals surface area contributed by atoms with Gasteiger partial charge >= 0.3 is 5.97 Å². The Morgan fingerprint density at radius 2 is 2.05 bits per heavy atom. The molecule has 2 rings (SSSR count). The molecule has 0 aromatic heterocycles. The van der Waals surface area contributed by atoms with Crippen molar-refractivity contribution in [1.29, 1.82) is 0 Å². The van der Waals surface area contributed by atoms with E-state index in [1.165, 1.54) is 0 Å². The maximum Gasteiger partial charge on any atom is 0.308 e. The molecule has 2 aliphatic rings. The number of carboxylic acid groups (broad SMARTS) is 1. The molecule has 0 aliphatic heterocycles. The number of nitrogens with one attached hydrogen (secondary N) is 1. The van der Waals surface area contributed by atoms with Crippen LogP contribution in [0.2, 0.25) is 0 Å². The molecule has 4 N–H and O–H groups in total. The topological polar surface area (TPSA) is 92.4 Å². The molecule has 0 radical (unpaired) electrons. The number of hydrogen-bond donors (Lipinski definition) is 3. The first kappa shape index (κ1) is 14.3. The number of fused-ring (bicyclic) bond motifs is 2. The van der Waals surface area contributed by atoms with Crippen LogP contribution in [0.25, 0.3) is 0 Å². The van der Waals surface area contributed by atoms with Crippen LogP contribution in [-0.2, 0) is 9.59 Å². The summed E-state index contributed by atoms with van der Waals surface area (Å²) in [5, 5.41) is 12.2. The predicted octanol–water partition coefficient (Wildman–Crippen LogP) is 1.12. The van der Waals surface area contributed by atoms with Gasteiger partial charge in [-0.15, -0.1) is 0 Å². The molecule has 0 spiro atoms. The molecule has 2 bridgehead atoms. The second kappa shape index (κ2) is 5.90. The van der Waals surface area contributed by atoms with Gasteiger partial charge in [0.1, 0.15) is 0 Å². The third-order valence-corrected chi connectivity index (χ3v) is 4.72. The van der Waals surface area contributed by atoms with Gasteiger partial charge in [0.15, 0.2) is 0 Å². The SMILES string of the molecule is CCCCC(N)C(=O)NC1C2CCC(C2)C1C(=O)O. The highest BCUT2D eigenvalue weighted by Crippen LogP contribution is 2.48. The molecule has 1 amide bonds. The van der Waals surface area contributed by atoms with Gasteiger partial charge in [-0.25, -0.2) is 0 Å². The summed E-state index contributed by atoms with van der Waals surface area (Å²) < 4.78 is 0. The molecule has 5 heteroatoms. The molecule has 5 nitrogen and oxygen atoms in total. The lowest BCUT2D eigenvalue weighted by Crippen LogP contribution is -2.51. The summed E-state index contributed by atoms with van der Waals surface area (Å²) in [7, 11) is 0. The Hall–Kier alpha value is -1.10. The van der Waals surface area contributed by atoms with Crippen LogP contribution in [0, 0.1) is 17.8 Å². The third kappa shape index (κ3) is 2.91. The van der Waals surface area contributed by atoms with Crippen LogP contribution in [0.3, 0.4) is 0 Å². The van der Waals surface area contributed by atoms with E-state index < -0.39 is 17.9 Å². The normalized spacial score (nSPS) is 34.2. The Morgan fingerprint density at radius 3 is 2.68 bits per heavy atom. The standard InChI is InChI=1S/C14H24N2O3/c1-2-3-4-10(15)13(17)16-12-9-6-5-8(7-9)11(12)14(18)19/h8-12H,2-7,15H2,1H3,(H,16,17)(H,18,19). The molecule has 108 valence electrons. The highest BCUT2D eigenvalue weighted by Gasteiger charge is 2.51. The van der Waals surface area contributed by atoms with Crippen LogP contribution in [0.1, 0.15) is 45.4 Å². The largest absolute Gasteiger partial charge is 0.481 e. The second-order valence-corrected chi connectivity index (χ2v) is 5.98. The molecule has 0 aromatic rings. The number of rotatable bonds is 6. The highest BCUT2D eigenvalue weighted by atomic mass is 16.4. The van der Waals surface area contributed by atoms with Crippen molar-refractivity contribution >= 4 is 11.9 Å². The Balaban J connectivity index is 1.94. The summed E-state index contributed by atoms with van der Waals surface area (Å²) in [6.45, 7) is 2.06. The fourth-order valence-electron chi connectivity index (χ4n) is 3.68. The summed E-state index contributed by atoms with van der Waals surface area (Å²) >= 11 is 0. The minimum atomic E-state index is -0.778. The number of aliphatic carboxylic acids is 1. The molecule has 5 unspecified atom stereocenters. The summed E-state index contributed by atoms with van der Waals surface area (Å²) in [6, 6.07) is -0.718. The molecule has 0 aromatic carbocycles.